The first kappa shape index (κ1) is 13.8. The van der Waals surface area contributed by atoms with E-state index in [0.717, 1.165) is 0 Å². The molecule has 1 aromatic carbocycles. The first-order valence-electron chi connectivity index (χ1n) is 5.79. The van der Waals surface area contributed by atoms with Crippen LogP contribution >= 0.6 is 0 Å². The molecule has 0 saturated heterocycles. The third-order valence-electron chi connectivity index (χ3n) is 2.63. The molecule has 0 bridgehead atoms. The molecule has 2 rings (SSSR count). The summed E-state index contributed by atoms with van der Waals surface area (Å²) in [6, 6.07) is 7.40. The van der Waals surface area contributed by atoms with Gasteiger partial charge in [0.2, 0.25) is 5.95 Å². The predicted octanol–water partition coefficient (Wildman–Crippen LogP) is 2.49. The van der Waals surface area contributed by atoms with Crippen LogP contribution in [-0.2, 0) is 0 Å². The zero-order valence-electron chi connectivity index (χ0n) is 11.0. The van der Waals surface area contributed by atoms with Crippen LogP contribution < -0.4 is 14.8 Å². The van der Waals surface area contributed by atoms with Crippen molar-refractivity contribution in [1.29, 1.82) is 0 Å². The smallest absolute Gasteiger partial charge is 0.255 e. The minimum absolute atomic E-state index is 0.348. The Morgan fingerprint density at radius 3 is 2.50 bits per heavy atom. The number of carbonyl (C=O) groups excluding carboxylic acids is 1. The fourth-order valence-corrected chi connectivity index (χ4v) is 1.63. The number of hydrogen-bond acceptors (Lipinski definition) is 4. The fraction of sp³-hybridized carbons (Fsp3) is 0.143. The van der Waals surface area contributed by atoms with Gasteiger partial charge in [0.1, 0.15) is 0 Å². The van der Waals surface area contributed by atoms with Gasteiger partial charge in [-0.1, -0.05) is 0 Å². The Labute approximate surface area is 115 Å². The van der Waals surface area contributed by atoms with E-state index < -0.39 is 5.95 Å². The van der Waals surface area contributed by atoms with Gasteiger partial charge in [-0.05, 0) is 30.3 Å². The number of amides is 1. The summed E-state index contributed by atoms with van der Waals surface area (Å²) in [5.41, 5.74) is 0.804. The van der Waals surface area contributed by atoms with E-state index >= 15 is 0 Å². The molecule has 5 nitrogen and oxygen atoms in total. The predicted molar refractivity (Wildman–Crippen MR) is 71.7 cm³/mol. The molecule has 0 saturated carbocycles. The highest BCUT2D eigenvalue weighted by Crippen LogP contribution is 2.27. The molecule has 2 aromatic rings. The van der Waals surface area contributed by atoms with Gasteiger partial charge in [-0.15, -0.1) is 0 Å². The highest BCUT2D eigenvalue weighted by atomic mass is 19.1. The second-order valence-corrected chi connectivity index (χ2v) is 3.89. The normalized spacial score (nSPS) is 9.95. The molecule has 0 radical (unpaired) electrons. The SMILES string of the molecule is COc1ccc(C(=O)Nc2ccc(F)nc2)cc1OC. The van der Waals surface area contributed by atoms with Crippen LogP contribution in [0.4, 0.5) is 10.1 Å². The van der Waals surface area contributed by atoms with E-state index in [1.54, 1.807) is 18.2 Å². The zero-order valence-corrected chi connectivity index (χ0v) is 11.0. The zero-order chi connectivity index (χ0) is 14.5. The first-order valence-corrected chi connectivity index (χ1v) is 5.79. The average molecular weight is 276 g/mol. The number of nitrogens with one attached hydrogen (secondary N) is 1. The molecule has 1 heterocycles. The van der Waals surface area contributed by atoms with E-state index in [1.165, 1.54) is 32.5 Å². The van der Waals surface area contributed by atoms with Crippen LogP contribution in [0.5, 0.6) is 11.5 Å². The van der Waals surface area contributed by atoms with Crippen molar-refractivity contribution in [2.75, 3.05) is 19.5 Å². The number of hydrogen-bond donors (Lipinski definition) is 1. The maximum absolute atomic E-state index is 12.7. The summed E-state index contributed by atoms with van der Waals surface area (Å²) in [5.74, 6) is 0.0401. The fourth-order valence-electron chi connectivity index (χ4n) is 1.63. The average Bonchev–Trinajstić information content (AvgIpc) is 2.48. The number of anilines is 1. The van der Waals surface area contributed by atoms with Gasteiger partial charge in [0.05, 0.1) is 26.1 Å². The largest absolute Gasteiger partial charge is 0.493 e. The molecular formula is C14H13FN2O3. The molecule has 0 atom stereocenters. The quantitative estimate of drug-likeness (QED) is 0.871. The third-order valence-corrected chi connectivity index (χ3v) is 2.63. The van der Waals surface area contributed by atoms with Crippen molar-refractivity contribution in [3.8, 4) is 11.5 Å². The lowest BCUT2D eigenvalue weighted by atomic mass is 10.2. The molecule has 0 aliphatic rings. The highest BCUT2D eigenvalue weighted by Gasteiger charge is 2.11. The van der Waals surface area contributed by atoms with Crippen LogP contribution in [0.25, 0.3) is 0 Å². The Morgan fingerprint density at radius 2 is 1.90 bits per heavy atom. The van der Waals surface area contributed by atoms with Crippen molar-refractivity contribution in [2.45, 2.75) is 0 Å². The highest BCUT2D eigenvalue weighted by molar-refractivity contribution is 6.04. The summed E-state index contributed by atoms with van der Waals surface area (Å²) < 4.78 is 22.9. The lowest BCUT2D eigenvalue weighted by Crippen LogP contribution is -2.12. The molecule has 6 heteroatoms. The number of ether oxygens (including phenoxy) is 2. The number of pyridine rings is 1. The number of carbonyl (C=O) groups is 1. The summed E-state index contributed by atoms with van der Waals surface area (Å²) in [6.45, 7) is 0. The summed E-state index contributed by atoms with van der Waals surface area (Å²) in [7, 11) is 3.01. The number of nitrogens with zero attached hydrogens (tertiary/aromatic N) is 1. The van der Waals surface area contributed by atoms with Gasteiger partial charge < -0.3 is 14.8 Å². The standard InChI is InChI=1S/C14H13FN2O3/c1-19-11-5-3-9(7-12(11)20-2)14(18)17-10-4-6-13(15)16-8-10/h3-8H,1-2H3,(H,17,18). The van der Waals surface area contributed by atoms with Crippen LogP contribution in [0, 0.1) is 5.95 Å². The monoisotopic (exact) mass is 276 g/mol. The van der Waals surface area contributed by atoms with E-state index in [4.69, 9.17) is 9.47 Å². The maximum Gasteiger partial charge on any atom is 0.255 e. The number of benzene rings is 1. The second kappa shape index (κ2) is 6.01. The van der Waals surface area contributed by atoms with E-state index in [1.807, 2.05) is 0 Å². The molecule has 0 aliphatic heterocycles. The second-order valence-electron chi connectivity index (χ2n) is 3.89. The molecule has 1 amide bonds. The maximum atomic E-state index is 12.7. The molecule has 0 aliphatic carbocycles. The van der Waals surface area contributed by atoms with Crippen LogP contribution in [0.1, 0.15) is 10.4 Å². The van der Waals surface area contributed by atoms with E-state index in [9.17, 15) is 9.18 Å². The first-order chi connectivity index (χ1) is 9.63. The molecule has 0 fully saturated rings. The van der Waals surface area contributed by atoms with Crippen molar-refractivity contribution >= 4 is 11.6 Å². The molecule has 1 aromatic heterocycles. The minimum Gasteiger partial charge on any atom is -0.493 e. The topological polar surface area (TPSA) is 60.5 Å². The van der Waals surface area contributed by atoms with Crippen LogP contribution in [0.3, 0.4) is 0 Å². The third kappa shape index (κ3) is 3.03. The van der Waals surface area contributed by atoms with Crippen molar-refractivity contribution in [2.24, 2.45) is 0 Å². The van der Waals surface area contributed by atoms with Crippen LogP contribution in [0.15, 0.2) is 36.5 Å². The van der Waals surface area contributed by atoms with Crippen molar-refractivity contribution in [3.63, 3.8) is 0 Å². The van der Waals surface area contributed by atoms with Crippen LogP contribution in [0.2, 0.25) is 0 Å². The molecule has 0 spiro atoms. The molecule has 20 heavy (non-hydrogen) atoms. The number of rotatable bonds is 4. The Morgan fingerprint density at radius 1 is 1.15 bits per heavy atom. The van der Waals surface area contributed by atoms with Crippen molar-refractivity contribution in [3.05, 3.63) is 48.0 Å². The minimum atomic E-state index is -0.603. The lowest BCUT2D eigenvalue weighted by Gasteiger charge is -2.09. The number of aromatic nitrogens is 1. The Balaban J connectivity index is 2.18. The summed E-state index contributed by atoms with van der Waals surface area (Å²) in [5, 5.41) is 2.61. The van der Waals surface area contributed by atoms with Gasteiger partial charge in [0, 0.05) is 5.56 Å². The Bertz CT molecular complexity index is 614. The van der Waals surface area contributed by atoms with Gasteiger partial charge in [-0.25, -0.2) is 4.98 Å². The summed E-state index contributed by atoms with van der Waals surface area (Å²) >= 11 is 0. The van der Waals surface area contributed by atoms with E-state index in [0.29, 0.717) is 22.7 Å². The van der Waals surface area contributed by atoms with Gasteiger partial charge in [0.25, 0.3) is 5.91 Å². The number of halogens is 1. The van der Waals surface area contributed by atoms with E-state index in [2.05, 4.69) is 10.3 Å². The lowest BCUT2D eigenvalue weighted by molar-refractivity contribution is 0.102. The molecule has 0 unspecified atom stereocenters. The Kier molecular flexibility index (Phi) is 4.14. The van der Waals surface area contributed by atoms with Crippen molar-refractivity contribution in [1.82, 2.24) is 4.98 Å². The molecular weight excluding hydrogens is 263 g/mol. The van der Waals surface area contributed by atoms with Crippen molar-refractivity contribution < 1.29 is 18.7 Å². The molecule has 1 N–H and O–H groups in total. The van der Waals surface area contributed by atoms with Gasteiger partial charge in [0.15, 0.2) is 11.5 Å². The summed E-state index contributed by atoms with van der Waals surface area (Å²) in [4.78, 5) is 15.5. The van der Waals surface area contributed by atoms with Gasteiger partial charge in [-0.2, -0.15) is 4.39 Å². The van der Waals surface area contributed by atoms with Gasteiger partial charge in [-0.3, -0.25) is 4.79 Å². The van der Waals surface area contributed by atoms with Gasteiger partial charge >= 0.3 is 0 Å². The Hall–Kier alpha value is -2.63. The molecule has 104 valence electrons. The van der Waals surface area contributed by atoms with E-state index in [-0.39, 0.29) is 5.91 Å². The number of methoxy groups -OCH3 is 2. The van der Waals surface area contributed by atoms with Crippen LogP contribution in [-0.4, -0.2) is 25.1 Å². The summed E-state index contributed by atoms with van der Waals surface area (Å²) in [6.07, 6.45) is 1.24.